The molecule has 1 N–H and O–H groups in total. The van der Waals surface area contributed by atoms with Gasteiger partial charge in [-0.25, -0.2) is 4.57 Å². The standard InChI is InChI=1S/C66H120NO8P/c1-6-8-10-12-14-16-18-20-22-24-26-28-30-31-32-33-34-35-37-39-41-43-45-47-49-51-53-55-57-59-66(69)75-64(63-74-76(70,71)73-61-60-67(3,4)5)62-72-65(68)58-56-54-52-50-48-46-44-42-40-38-36-29-27-25-23-21-19-17-15-13-11-9-7-2/h8,10,14,16,20,22,25-28,31-32,64H,6-7,9,11-13,15,17-19,21,23-24,29-30,33-63H2,1-5H3/p+1/b10-8-,16-14-,22-20-,27-25-,28-26-,32-31-. The molecule has 0 amide bonds. The number of hydrogen-bond acceptors (Lipinski definition) is 7. The van der Waals surface area contributed by atoms with Crippen molar-refractivity contribution in [1.29, 1.82) is 0 Å². The number of unbranched alkanes of at least 4 members (excludes halogenated alkanes) is 32. The number of ether oxygens (including phenoxy) is 2. The van der Waals surface area contributed by atoms with Gasteiger partial charge in [0.25, 0.3) is 0 Å². The second kappa shape index (κ2) is 57.1. The number of nitrogens with zero attached hydrogens (tertiary/aromatic N) is 1. The van der Waals surface area contributed by atoms with Gasteiger partial charge >= 0.3 is 19.8 Å². The third-order valence-electron chi connectivity index (χ3n) is 13.7. The summed E-state index contributed by atoms with van der Waals surface area (Å²) in [5, 5.41) is 0. The van der Waals surface area contributed by atoms with E-state index in [0.29, 0.717) is 17.4 Å². The number of esters is 2. The summed E-state index contributed by atoms with van der Waals surface area (Å²) in [4.78, 5) is 35.8. The van der Waals surface area contributed by atoms with Gasteiger partial charge in [-0.2, -0.15) is 0 Å². The van der Waals surface area contributed by atoms with Crippen LogP contribution in [0.3, 0.4) is 0 Å². The molecule has 0 radical (unpaired) electrons. The third kappa shape index (κ3) is 60.7. The molecule has 2 atom stereocenters. The molecule has 0 aliphatic rings. The van der Waals surface area contributed by atoms with Crippen molar-refractivity contribution in [2.45, 2.75) is 290 Å². The average Bonchev–Trinajstić information content (AvgIpc) is 3.38. The molecular formula is C66H121NO8P+. The lowest BCUT2D eigenvalue weighted by atomic mass is 10.0. The number of allylic oxidation sites excluding steroid dienone is 12. The lowest BCUT2D eigenvalue weighted by Gasteiger charge is -2.24. The van der Waals surface area contributed by atoms with E-state index < -0.39 is 26.5 Å². The Hall–Kier alpha value is -2.55. The quantitative estimate of drug-likeness (QED) is 0.0211. The molecule has 10 heteroatoms. The lowest BCUT2D eigenvalue weighted by molar-refractivity contribution is -0.870. The normalized spacial score (nSPS) is 13.7. The van der Waals surface area contributed by atoms with Gasteiger partial charge in [0, 0.05) is 12.8 Å². The molecule has 0 aliphatic heterocycles. The van der Waals surface area contributed by atoms with Crippen LogP contribution in [-0.4, -0.2) is 74.9 Å². The average molecular weight is 1090 g/mol. The van der Waals surface area contributed by atoms with E-state index in [1.165, 1.54) is 180 Å². The molecule has 0 fully saturated rings. The van der Waals surface area contributed by atoms with Crippen molar-refractivity contribution >= 4 is 19.8 Å². The van der Waals surface area contributed by atoms with Crippen LogP contribution in [0, 0.1) is 0 Å². The Morgan fingerprint density at radius 3 is 1.13 bits per heavy atom. The van der Waals surface area contributed by atoms with Gasteiger partial charge in [-0.1, -0.05) is 260 Å². The lowest BCUT2D eigenvalue weighted by Crippen LogP contribution is -2.37. The molecule has 0 spiro atoms. The summed E-state index contributed by atoms with van der Waals surface area (Å²) in [6.45, 7) is 4.35. The van der Waals surface area contributed by atoms with Gasteiger partial charge in [-0.15, -0.1) is 0 Å². The largest absolute Gasteiger partial charge is 0.472 e. The maximum Gasteiger partial charge on any atom is 0.472 e. The van der Waals surface area contributed by atoms with Crippen LogP contribution in [-0.2, 0) is 32.7 Å². The maximum atomic E-state index is 12.8. The Balaban J connectivity index is 4.11. The molecule has 0 heterocycles. The van der Waals surface area contributed by atoms with Crippen LogP contribution in [0.25, 0.3) is 0 Å². The molecule has 0 aliphatic carbocycles. The minimum atomic E-state index is -4.39. The zero-order chi connectivity index (χ0) is 55.6. The van der Waals surface area contributed by atoms with Gasteiger partial charge in [-0.05, 0) is 83.5 Å². The van der Waals surface area contributed by atoms with Crippen molar-refractivity contribution in [3.63, 3.8) is 0 Å². The number of carbonyl (C=O) groups excluding carboxylic acids is 2. The van der Waals surface area contributed by atoms with Gasteiger partial charge < -0.3 is 18.9 Å². The highest BCUT2D eigenvalue weighted by molar-refractivity contribution is 7.47. The summed E-state index contributed by atoms with van der Waals surface area (Å²) in [5.74, 6) is -0.792. The van der Waals surface area contributed by atoms with E-state index in [-0.39, 0.29) is 32.0 Å². The summed E-state index contributed by atoms with van der Waals surface area (Å²) < 4.78 is 34.7. The molecular weight excluding hydrogens is 966 g/mol. The first-order valence-corrected chi connectivity index (χ1v) is 33.2. The summed E-state index contributed by atoms with van der Waals surface area (Å²) in [7, 11) is 1.48. The molecule has 0 saturated carbocycles. The van der Waals surface area contributed by atoms with E-state index in [2.05, 4.69) is 86.8 Å². The highest BCUT2D eigenvalue weighted by Gasteiger charge is 2.27. The monoisotopic (exact) mass is 1090 g/mol. The summed E-state index contributed by atoms with van der Waals surface area (Å²) in [6, 6.07) is 0. The third-order valence-corrected chi connectivity index (χ3v) is 14.7. The van der Waals surface area contributed by atoms with Crippen LogP contribution in [0.1, 0.15) is 284 Å². The Labute approximate surface area is 469 Å². The van der Waals surface area contributed by atoms with Gasteiger partial charge in [0.15, 0.2) is 6.10 Å². The molecule has 0 saturated heterocycles. The molecule has 0 bridgehead atoms. The highest BCUT2D eigenvalue weighted by atomic mass is 31.2. The zero-order valence-electron chi connectivity index (χ0n) is 50.2. The van der Waals surface area contributed by atoms with Crippen molar-refractivity contribution in [1.82, 2.24) is 0 Å². The van der Waals surface area contributed by atoms with Crippen molar-refractivity contribution < 1.29 is 42.1 Å². The predicted octanol–water partition coefficient (Wildman–Crippen LogP) is 20.0. The van der Waals surface area contributed by atoms with E-state index in [4.69, 9.17) is 18.5 Å². The van der Waals surface area contributed by atoms with Gasteiger partial charge in [0.05, 0.1) is 27.7 Å². The molecule has 9 nitrogen and oxygen atoms in total. The van der Waals surface area contributed by atoms with Gasteiger partial charge in [0.2, 0.25) is 0 Å². The van der Waals surface area contributed by atoms with Crippen LogP contribution in [0.15, 0.2) is 72.9 Å². The number of carbonyl (C=O) groups is 2. The number of phosphoric ester groups is 1. The summed E-state index contributed by atoms with van der Waals surface area (Å²) in [5.41, 5.74) is 0. The fraction of sp³-hybridized carbons (Fsp3) is 0.788. The minimum absolute atomic E-state index is 0.0301. The Kier molecular flexibility index (Phi) is 55.2. The van der Waals surface area contributed by atoms with Gasteiger partial charge in [0.1, 0.15) is 19.8 Å². The first kappa shape index (κ1) is 73.5. The fourth-order valence-electron chi connectivity index (χ4n) is 8.86. The van der Waals surface area contributed by atoms with Crippen molar-refractivity contribution in [3.05, 3.63) is 72.9 Å². The maximum absolute atomic E-state index is 12.8. The number of hydrogen-bond donors (Lipinski definition) is 1. The van der Waals surface area contributed by atoms with E-state index in [1.807, 2.05) is 21.1 Å². The SMILES string of the molecule is CC/C=C\C/C=C\C/C=C\C/C=C\C/C=C\CCCCCCCCCCCCCCCC(=O)OC(COC(=O)CCCCCCCCCCCCC/C=C\CCCCCCCCCC)COP(=O)(O)OCC[N+](C)(C)C. The number of likely N-dealkylation sites (N-methyl/N-ethyl adjacent to an activating group) is 1. The van der Waals surface area contributed by atoms with Crippen LogP contribution < -0.4 is 0 Å². The molecule has 76 heavy (non-hydrogen) atoms. The predicted molar refractivity (Wildman–Crippen MR) is 326 cm³/mol. The fourth-order valence-corrected chi connectivity index (χ4v) is 9.60. The van der Waals surface area contributed by atoms with Crippen molar-refractivity contribution in [2.75, 3.05) is 47.5 Å². The Morgan fingerprint density at radius 2 is 0.750 bits per heavy atom. The van der Waals surface area contributed by atoms with Crippen LogP contribution in [0.4, 0.5) is 0 Å². The summed E-state index contributed by atoms with van der Waals surface area (Å²) in [6.07, 6.45) is 75.5. The first-order valence-electron chi connectivity index (χ1n) is 31.7. The molecule has 0 rings (SSSR count). The van der Waals surface area contributed by atoms with Crippen LogP contribution in [0.2, 0.25) is 0 Å². The van der Waals surface area contributed by atoms with E-state index in [1.54, 1.807) is 0 Å². The van der Waals surface area contributed by atoms with E-state index in [0.717, 1.165) is 70.6 Å². The zero-order valence-corrected chi connectivity index (χ0v) is 51.1. The second-order valence-electron chi connectivity index (χ2n) is 22.4. The number of rotatable bonds is 58. The van der Waals surface area contributed by atoms with Crippen LogP contribution in [0.5, 0.6) is 0 Å². The number of phosphoric acid groups is 1. The van der Waals surface area contributed by atoms with E-state index in [9.17, 15) is 19.0 Å². The first-order chi connectivity index (χ1) is 37.0. The molecule has 0 aromatic carbocycles. The van der Waals surface area contributed by atoms with Crippen LogP contribution >= 0.6 is 7.82 Å². The second-order valence-corrected chi connectivity index (χ2v) is 23.9. The summed E-state index contributed by atoms with van der Waals surface area (Å²) >= 11 is 0. The smallest absolute Gasteiger partial charge is 0.462 e. The minimum Gasteiger partial charge on any atom is -0.462 e. The number of quaternary nitrogens is 1. The molecule has 2 unspecified atom stereocenters. The molecule has 0 aromatic heterocycles. The van der Waals surface area contributed by atoms with E-state index >= 15 is 0 Å². The molecule has 442 valence electrons. The topological polar surface area (TPSA) is 108 Å². The highest BCUT2D eigenvalue weighted by Crippen LogP contribution is 2.43. The molecule has 0 aromatic rings. The van der Waals surface area contributed by atoms with Crippen molar-refractivity contribution in [3.8, 4) is 0 Å². The Bertz CT molecular complexity index is 1510. The van der Waals surface area contributed by atoms with Crippen molar-refractivity contribution in [2.24, 2.45) is 0 Å². The Morgan fingerprint density at radius 1 is 0.421 bits per heavy atom. The van der Waals surface area contributed by atoms with Gasteiger partial charge in [-0.3, -0.25) is 18.6 Å².